The Morgan fingerprint density at radius 1 is 1.24 bits per heavy atom. The van der Waals surface area contributed by atoms with Crippen molar-refractivity contribution in [2.75, 3.05) is 5.73 Å². The Bertz CT molecular complexity index is 613. The predicted molar refractivity (Wildman–Crippen MR) is 66.9 cm³/mol. The highest BCUT2D eigenvalue weighted by molar-refractivity contribution is 7.16. The molecule has 0 fully saturated rings. The Labute approximate surface area is 102 Å². The van der Waals surface area contributed by atoms with Crippen molar-refractivity contribution in [2.45, 2.75) is 12.8 Å². The maximum absolute atomic E-state index is 5.90. The lowest BCUT2D eigenvalue weighted by Gasteiger charge is -2.02. The van der Waals surface area contributed by atoms with Crippen LogP contribution in [0.25, 0.3) is 4.96 Å². The van der Waals surface area contributed by atoms with Crippen LogP contribution in [-0.2, 0) is 12.8 Å². The fourth-order valence-corrected chi connectivity index (χ4v) is 2.52. The molecule has 0 radical (unpaired) electrons. The smallest absolute Gasteiger partial charge is 0.234 e. The topological polar surface area (TPSA) is 69.1 Å². The Kier molecular flexibility index (Phi) is 2.49. The van der Waals surface area contributed by atoms with Crippen LogP contribution in [0.3, 0.4) is 0 Å². The van der Waals surface area contributed by atoms with Gasteiger partial charge in [-0.2, -0.15) is 9.61 Å². The van der Waals surface area contributed by atoms with E-state index in [9.17, 15) is 0 Å². The van der Waals surface area contributed by atoms with Gasteiger partial charge >= 0.3 is 0 Å². The molecular formula is C11H11N5S. The van der Waals surface area contributed by atoms with E-state index < -0.39 is 0 Å². The third kappa shape index (κ3) is 1.99. The number of fused-ring (bicyclic) bond motifs is 1. The first-order chi connectivity index (χ1) is 8.33. The lowest BCUT2D eigenvalue weighted by molar-refractivity contribution is 0.861. The summed E-state index contributed by atoms with van der Waals surface area (Å²) in [7, 11) is 0. The Morgan fingerprint density at radius 3 is 2.94 bits per heavy atom. The number of aromatic nitrogens is 4. The van der Waals surface area contributed by atoms with Crippen LogP contribution in [0.2, 0.25) is 0 Å². The van der Waals surface area contributed by atoms with Gasteiger partial charge in [-0.1, -0.05) is 29.5 Å². The molecular weight excluding hydrogens is 234 g/mol. The van der Waals surface area contributed by atoms with Gasteiger partial charge < -0.3 is 5.73 Å². The number of hydrogen-bond acceptors (Lipinski definition) is 5. The number of benzene rings is 1. The summed E-state index contributed by atoms with van der Waals surface area (Å²) in [4.78, 5) is 0.834. The van der Waals surface area contributed by atoms with Gasteiger partial charge in [-0.05, 0) is 18.1 Å². The molecule has 1 aromatic carbocycles. The van der Waals surface area contributed by atoms with Crippen LogP contribution in [0.5, 0.6) is 0 Å². The fraction of sp³-hybridized carbons (Fsp3) is 0.182. The average Bonchev–Trinajstić information content (AvgIpc) is 2.88. The predicted octanol–water partition coefficient (Wildman–Crippen LogP) is 1.55. The van der Waals surface area contributed by atoms with Crippen molar-refractivity contribution in [3.63, 3.8) is 0 Å². The zero-order valence-electron chi connectivity index (χ0n) is 9.08. The van der Waals surface area contributed by atoms with Crippen LogP contribution in [0, 0.1) is 0 Å². The molecule has 0 unspecified atom stereocenters. The molecule has 0 aliphatic carbocycles. The summed E-state index contributed by atoms with van der Waals surface area (Å²) in [6.45, 7) is 0. The number of aryl methyl sites for hydroxylation is 2. The molecule has 86 valence electrons. The number of rotatable bonds is 3. The Morgan fingerprint density at radius 2 is 2.12 bits per heavy atom. The summed E-state index contributed by atoms with van der Waals surface area (Å²) in [5.74, 6) is 0. The molecule has 6 heteroatoms. The summed E-state index contributed by atoms with van der Waals surface area (Å²) in [6.07, 6.45) is 3.39. The molecule has 0 saturated carbocycles. The molecule has 3 aromatic rings. The highest BCUT2D eigenvalue weighted by atomic mass is 32.1. The van der Waals surface area contributed by atoms with E-state index in [4.69, 9.17) is 5.73 Å². The van der Waals surface area contributed by atoms with Gasteiger partial charge in [-0.15, -0.1) is 10.2 Å². The second-order valence-electron chi connectivity index (χ2n) is 3.75. The molecule has 2 heterocycles. The van der Waals surface area contributed by atoms with Gasteiger partial charge in [-0.3, -0.25) is 0 Å². The fourth-order valence-electron chi connectivity index (χ4n) is 1.71. The van der Waals surface area contributed by atoms with Crippen LogP contribution in [0.4, 0.5) is 5.69 Å². The molecule has 0 saturated heterocycles. The number of nitrogens with zero attached hydrogens (tertiary/aromatic N) is 4. The highest BCUT2D eigenvalue weighted by Crippen LogP contribution is 2.17. The van der Waals surface area contributed by atoms with Gasteiger partial charge in [0.25, 0.3) is 0 Å². The molecule has 0 spiro atoms. The van der Waals surface area contributed by atoms with Gasteiger partial charge in [0.15, 0.2) is 0 Å². The zero-order valence-corrected chi connectivity index (χ0v) is 9.89. The van der Waals surface area contributed by atoms with E-state index in [0.29, 0.717) is 0 Å². The van der Waals surface area contributed by atoms with Crippen LogP contribution >= 0.6 is 11.3 Å². The number of nitrogen functional groups attached to an aromatic ring is 1. The number of nitrogens with two attached hydrogens (primary N) is 1. The summed E-state index contributed by atoms with van der Waals surface area (Å²) in [5.41, 5.74) is 7.90. The lowest BCUT2D eigenvalue weighted by atomic mass is 10.1. The summed E-state index contributed by atoms with van der Waals surface area (Å²) in [6, 6.07) is 7.93. The normalized spacial score (nSPS) is 11.1. The third-order valence-electron chi connectivity index (χ3n) is 2.59. The van der Waals surface area contributed by atoms with Crippen LogP contribution in [-0.4, -0.2) is 19.8 Å². The molecule has 0 atom stereocenters. The molecule has 0 bridgehead atoms. The van der Waals surface area contributed by atoms with Crippen molar-refractivity contribution >= 4 is 22.0 Å². The molecule has 0 amide bonds. The van der Waals surface area contributed by atoms with Crippen molar-refractivity contribution in [1.82, 2.24) is 19.8 Å². The molecule has 0 aliphatic rings. The first-order valence-electron chi connectivity index (χ1n) is 5.32. The van der Waals surface area contributed by atoms with E-state index in [2.05, 4.69) is 21.4 Å². The van der Waals surface area contributed by atoms with Gasteiger partial charge in [0.05, 0.1) is 0 Å². The van der Waals surface area contributed by atoms with Gasteiger partial charge in [0, 0.05) is 12.1 Å². The van der Waals surface area contributed by atoms with Crippen molar-refractivity contribution < 1.29 is 0 Å². The van der Waals surface area contributed by atoms with Crippen LogP contribution < -0.4 is 5.73 Å². The molecule has 2 aromatic heterocycles. The Hall–Kier alpha value is -1.95. The van der Waals surface area contributed by atoms with E-state index in [1.54, 1.807) is 22.2 Å². The van der Waals surface area contributed by atoms with E-state index in [-0.39, 0.29) is 0 Å². The number of anilines is 1. The standard InChI is InChI=1S/C11H11N5S/c12-9-4-2-1-3-8(9)5-6-10-15-16-7-13-14-11(16)17-10/h1-4,7H,5-6,12H2. The van der Waals surface area contributed by atoms with Crippen molar-refractivity contribution in [3.05, 3.63) is 41.2 Å². The monoisotopic (exact) mass is 245 g/mol. The summed E-state index contributed by atoms with van der Waals surface area (Å²) < 4.78 is 1.70. The van der Waals surface area contributed by atoms with Gasteiger partial charge in [0.1, 0.15) is 11.3 Å². The lowest BCUT2D eigenvalue weighted by Crippen LogP contribution is -1.97. The average molecular weight is 245 g/mol. The third-order valence-corrected chi connectivity index (χ3v) is 3.56. The van der Waals surface area contributed by atoms with E-state index in [0.717, 1.165) is 28.5 Å². The molecule has 5 nitrogen and oxygen atoms in total. The zero-order chi connectivity index (χ0) is 11.7. The second kappa shape index (κ2) is 4.14. The first-order valence-corrected chi connectivity index (χ1v) is 6.14. The van der Waals surface area contributed by atoms with E-state index in [1.165, 1.54) is 5.56 Å². The minimum atomic E-state index is 0.834. The number of para-hydroxylation sites is 1. The van der Waals surface area contributed by atoms with Gasteiger partial charge in [0.2, 0.25) is 4.96 Å². The highest BCUT2D eigenvalue weighted by Gasteiger charge is 2.06. The summed E-state index contributed by atoms with van der Waals surface area (Å²) in [5, 5.41) is 13.2. The maximum atomic E-state index is 5.90. The second-order valence-corrected chi connectivity index (χ2v) is 4.79. The Balaban J connectivity index is 1.76. The van der Waals surface area contributed by atoms with Gasteiger partial charge in [-0.25, -0.2) is 0 Å². The van der Waals surface area contributed by atoms with Crippen molar-refractivity contribution in [1.29, 1.82) is 0 Å². The molecule has 0 aliphatic heterocycles. The quantitative estimate of drug-likeness (QED) is 0.711. The summed E-state index contributed by atoms with van der Waals surface area (Å²) >= 11 is 1.57. The van der Waals surface area contributed by atoms with E-state index >= 15 is 0 Å². The molecule has 17 heavy (non-hydrogen) atoms. The largest absolute Gasteiger partial charge is 0.399 e. The SMILES string of the molecule is Nc1ccccc1CCc1nn2cnnc2s1. The minimum Gasteiger partial charge on any atom is -0.399 e. The van der Waals surface area contributed by atoms with Crippen molar-refractivity contribution in [2.24, 2.45) is 0 Å². The maximum Gasteiger partial charge on any atom is 0.234 e. The molecule has 2 N–H and O–H groups in total. The number of hydrogen-bond donors (Lipinski definition) is 1. The first kappa shape index (κ1) is 10.2. The van der Waals surface area contributed by atoms with Crippen molar-refractivity contribution in [3.8, 4) is 0 Å². The minimum absolute atomic E-state index is 0.834. The van der Waals surface area contributed by atoms with Crippen LogP contribution in [0.15, 0.2) is 30.6 Å². The molecule has 3 rings (SSSR count). The van der Waals surface area contributed by atoms with E-state index in [1.807, 2.05) is 18.2 Å². The van der Waals surface area contributed by atoms with Crippen LogP contribution in [0.1, 0.15) is 10.6 Å².